The van der Waals surface area contributed by atoms with Crippen LogP contribution in [-0.4, -0.2) is 25.9 Å². The summed E-state index contributed by atoms with van der Waals surface area (Å²) in [5, 5.41) is 16.9. The molecular formula is C23H25N5OS. The number of carbonyl (C=O) groups is 1. The van der Waals surface area contributed by atoms with Gasteiger partial charge in [-0.25, -0.2) is 0 Å². The van der Waals surface area contributed by atoms with Crippen molar-refractivity contribution in [2.45, 2.75) is 39.7 Å². The maximum absolute atomic E-state index is 13.3. The third kappa shape index (κ3) is 3.85. The fraction of sp³-hybridized carbons (Fsp3) is 0.304. The molecule has 6 nitrogen and oxygen atoms in total. The Morgan fingerprint density at radius 1 is 1.10 bits per heavy atom. The summed E-state index contributed by atoms with van der Waals surface area (Å²) >= 11 is 1.31. The Labute approximate surface area is 180 Å². The van der Waals surface area contributed by atoms with E-state index < -0.39 is 5.41 Å². The number of fused-ring (bicyclic) bond motifs is 1. The second-order valence-electron chi connectivity index (χ2n) is 8.28. The normalized spacial score (nSPS) is 13.0. The first-order valence-corrected chi connectivity index (χ1v) is 10.9. The van der Waals surface area contributed by atoms with Crippen LogP contribution in [0.5, 0.6) is 0 Å². The molecule has 30 heavy (non-hydrogen) atoms. The van der Waals surface area contributed by atoms with Crippen molar-refractivity contribution >= 4 is 33.3 Å². The van der Waals surface area contributed by atoms with Gasteiger partial charge in [-0.2, -0.15) is 5.10 Å². The zero-order chi connectivity index (χ0) is 21.3. The van der Waals surface area contributed by atoms with Gasteiger partial charge in [0.1, 0.15) is 5.51 Å². The summed E-state index contributed by atoms with van der Waals surface area (Å²) in [7, 11) is 0. The molecule has 0 aliphatic rings. The molecule has 0 aliphatic heterocycles. The zero-order valence-electron chi connectivity index (χ0n) is 17.5. The lowest BCUT2D eigenvalue weighted by Gasteiger charge is -2.33. The van der Waals surface area contributed by atoms with Gasteiger partial charge in [0, 0.05) is 23.5 Å². The molecule has 1 N–H and O–H groups in total. The van der Waals surface area contributed by atoms with Crippen molar-refractivity contribution in [2.75, 3.05) is 5.32 Å². The Morgan fingerprint density at radius 3 is 2.53 bits per heavy atom. The first kappa shape index (κ1) is 20.2. The molecule has 0 bridgehead atoms. The molecule has 7 heteroatoms. The molecule has 0 aliphatic carbocycles. The first-order chi connectivity index (χ1) is 14.4. The first-order valence-electron chi connectivity index (χ1n) is 9.97. The Morgan fingerprint density at radius 2 is 1.87 bits per heavy atom. The molecule has 4 rings (SSSR count). The summed E-state index contributed by atoms with van der Waals surface area (Å²) in [5.41, 5.74) is 4.00. The standard InChI is InChI=1S/C23H25N5OS/c1-15(2)28-13-18-12-17(10-11-19(18)27-28)20(16-8-6-5-7-9-16)23(3,4)21(29)25-22-26-24-14-30-22/h5-15,20H,1-4H3,(H,25,26,29). The van der Waals surface area contributed by atoms with Crippen LogP contribution in [0.3, 0.4) is 0 Å². The Bertz CT molecular complexity index is 1150. The zero-order valence-corrected chi connectivity index (χ0v) is 18.4. The van der Waals surface area contributed by atoms with Crippen LogP contribution in [-0.2, 0) is 4.79 Å². The second kappa shape index (κ2) is 7.99. The summed E-state index contributed by atoms with van der Waals surface area (Å²) in [6, 6.07) is 16.7. The van der Waals surface area contributed by atoms with E-state index in [1.807, 2.05) is 42.8 Å². The largest absolute Gasteiger partial charge is 0.300 e. The maximum Gasteiger partial charge on any atom is 0.232 e. The highest BCUT2D eigenvalue weighted by atomic mass is 32.1. The van der Waals surface area contributed by atoms with Crippen LogP contribution >= 0.6 is 11.3 Å². The molecule has 0 saturated carbocycles. The maximum atomic E-state index is 13.3. The smallest absolute Gasteiger partial charge is 0.232 e. The van der Waals surface area contributed by atoms with Gasteiger partial charge in [-0.3, -0.25) is 9.48 Å². The van der Waals surface area contributed by atoms with Crippen LogP contribution in [0, 0.1) is 5.41 Å². The molecule has 1 unspecified atom stereocenters. The molecule has 0 spiro atoms. The highest BCUT2D eigenvalue weighted by Crippen LogP contribution is 2.42. The Kier molecular flexibility index (Phi) is 5.39. The third-order valence-corrected chi connectivity index (χ3v) is 6.04. The highest BCUT2D eigenvalue weighted by Gasteiger charge is 2.39. The summed E-state index contributed by atoms with van der Waals surface area (Å²) in [6.07, 6.45) is 2.07. The average Bonchev–Trinajstić information content (AvgIpc) is 3.38. The van der Waals surface area contributed by atoms with Crippen molar-refractivity contribution < 1.29 is 4.79 Å². The molecule has 154 valence electrons. The predicted molar refractivity (Wildman–Crippen MR) is 121 cm³/mol. The highest BCUT2D eigenvalue weighted by molar-refractivity contribution is 7.13. The molecule has 4 aromatic rings. The fourth-order valence-corrected chi connectivity index (χ4v) is 4.24. The molecule has 0 saturated heterocycles. The van der Waals surface area contributed by atoms with Crippen LogP contribution in [0.4, 0.5) is 5.13 Å². The average molecular weight is 420 g/mol. The number of hydrogen-bond donors (Lipinski definition) is 1. The van der Waals surface area contributed by atoms with Gasteiger partial charge in [0.05, 0.1) is 10.9 Å². The molecular weight excluding hydrogens is 394 g/mol. The van der Waals surface area contributed by atoms with Gasteiger partial charge in [0.25, 0.3) is 0 Å². The number of amides is 1. The van der Waals surface area contributed by atoms with E-state index in [0.29, 0.717) is 11.2 Å². The van der Waals surface area contributed by atoms with Crippen molar-refractivity contribution in [1.82, 2.24) is 20.0 Å². The predicted octanol–water partition coefficient (Wildman–Crippen LogP) is 5.27. The van der Waals surface area contributed by atoms with E-state index >= 15 is 0 Å². The summed E-state index contributed by atoms with van der Waals surface area (Å²) in [5.74, 6) is -0.232. The van der Waals surface area contributed by atoms with Gasteiger partial charge in [-0.1, -0.05) is 61.6 Å². The number of carbonyl (C=O) groups excluding carboxylic acids is 1. The van der Waals surface area contributed by atoms with Gasteiger partial charge in [0.15, 0.2) is 0 Å². The number of benzene rings is 2. The minimum Gasteiger partial charge on any atom is -0.300 e. The fourth-order valence-electron chi connectivity index (χ4n) is 3.80. The lowest BCUT2D eigenvalue weighted by atomic mass is 9.70. The SMILES string of the molecule is CC(C)n1cc2cc(C(c3ccccc3)C(C)(C)C(=O)Nc3nncs3)ccc2n1. The van der Waals surface area contributed by atoms with Crippen LogP contribution in [0.1, 0.15) is 50.8 Å². The second-order valence-corrected chi connectivity index (χ2v) is 9.12. The number of nitrogens with one attached hydrogen (secondary N) is 1. The molecule has 0 fully saturated rings. The van der Waals surface area contributed by atoms with E-state index in [1.54, 1.807) is 5.51 Å². The van der Waals surface area contributed by atoms with Crippen molar-refractivity contribution in [3.63, 3.8) is 0 Å². The van der Waals surface area contributed by atoms with E-state index in [0.717, 1.165) is 22.0 Å². The van der Waals surface area contributed by atoms with Gasteiger partial charge in [0.2, 0.25) is 11.0 Å². The lowest BCUT2D eigenvalue weighted by molar-refractivity contribution is -0.124. The van der Waals surface area contributed by atoms with Crippen LogP contribution < -0.4 is 5.32 Å². The van der Waals surface area contributed by atoms with Gasteiger partial charge >= 0.3 is 0 Å². The van der Waals surface area contributed by atoms with Crippen molar-refractivity contribution in [1.29, 1.82) is 0 Å². The topological polar surface area (TPSA) is 72.7 Å². The van der Waals surface area contributed by atoms with E-state index in [4.69, 9.17) is 0 Å². The molecule has 2 heterocycles. The minimum absolute atomic E-state index is 0.0916. The molecule has 1 amide bonds. The third-order valence-electron chi connectivity index (χ3n) is 5.43. The van der Waals surface area contributed by atoms with Crippen LogP contribution in [0.2, 0.25) is 0 Å². The molecule has 2 aromatic heterocycles. The van der Waals surface area contributed by atoms with Gasteiger partial charge in [-0.05, 0) is 37.1 Å². The quantitative estimate of drug-likeness (QED) is 0.462. The number of hydrogen-bond acceptors (Lipinski definition) is 5. The van der Waals surface area contributed by atoms with E-state index in [9.17, 15) is 4.79 Å². The Balaban J connectivity index is 1.78. The number of nitrogens with zero attached hydrogens (tertiary/aromatic N) is 4. The van der Waals surface area contributed by atoms with Gasteiger partial charge in [-0.15, -0.1) is 10.2 Å². The monoisotopic (exact) mass is 419 g/mol. The van der Waals surface area contributed by atoms with Crippen LogP contribution in [0.25, 0.3) is 10.9 Å². The van der Waals surface area contributed by atoms with Crippen molar-refractivity contribution in [3.05, 3.63) is 71.4 Å². The molecule has 1 atom stereocenters. The van der Waals surface area contributed by atoms with E-state index in [1.165, 1.54) is 11.3 Å². The number of aromatic nitrogens is 4. The lowest BCUT2D eigenvalue weighted by Crippen LogP contribution is -2.37. The summed E-state index contributed by atoms with van der Waals surface area (Å²) in [4.78, 5) is 13.3. The molecule has 2 aromatic carbocycles. The summed E-state index contributed by atoms with van der Waals surface area (Å²) in [6.45, 7) is 8.17. The Hall–Kier alpha value is -3.06. The summed E-state index contributed by atoms with van der Waals surface area (Å²) < 4.78 is 1.97. The van der Waals surface area contributed by atoms with E-state index in [2.05, 4.69) is 64.9 Å². The van der Waals surface area contributed by atoms with Crippen LogP contribution in [0.15, 0.2) is 60.2 Å². The van der Waals surface area contributed by atoms with E-state index in [-0.39, 0.29) is 11.8 Å². The molecule has 0 radical (unpaired) electrons. The van der Waals surface area contributed by atoms with Crippen molar-refractivity contribution in [3.8, 4) is 0 Å². The van der Waals surface area contributed by atoms with Gasteiger partial charge < -0.3 is 5.32 Å². The minimum atomic E-state index is -0.727. The number of rotatable bonds is 6. The van der Waals surface area contributed by atoms with Crippen molar-refractivity contribution in [2.24, 2.45) is 5.41 Å². The number of anilines is 1.